The number of nitrogens with one attached hydrogen (secondary N) is 1. The molecule has 1 atom stereocenters. The zero-order chi connectivity index (χ0) is 13.8. The Labute approximate surface area is 115 Å². The molecule has 19 heavy (non-hydrogen) atoms. The zero-order valence-electron chi connectivity index (χ0n) is 10.8. The van der Waals surface area contributed by atoms with Gasteiger partial charge in [-0.2, -0.15) is 0 Å². The Morgan fingerprint density at radius 3 is 2.89 bits per heavy atom. The molecule has 0 radical (unpaired) electrons. The normalized spacial score (nSPS) is 12.1. The average molecular weight is 277 g/mol. The summed E-state index contributed by atoms with van der Waals surface area (Å²) >= 11 is 1.48. The number of rotatable bonds is 5. The molecule has 2 aromatic heterocycles. The predicted molar refractivity (Wildman–Crippen MR) is 75.6 cm³/mol. The van der Waals surface area contributed by atoms with Gasteiger partial charge in [0.15, 0.2) is 5.13 Å². The van der Waals surface area contributed by atoms with Crippen molar-refractivity contribution in [1.82, 2.24) is 9.97 Å². The Kier molecular flexibility index (Phi) is 4.11. The second-order valence-corrected chi connectivity index (χ2v) is 5.23. The van der Waals surface area contributed by atoms with Crippen molar-refractivity contribution in [2.75, 3.05) is 12.4 Å². The molecule has 2 N–H and O–H groups in total. The molecule has 0 aromatic carbocycles. The summed E-state index contributed by atoms with van der Waals surface area (Å²) in [6.07, 6.45) is 1.80. The largest absolute Gasteiger partial charge is 0.481 e. The van der Waals surface area contributed by atoms with E-state index in [-0.39, 0.29) is 12.3 Å². The molecule has 2 aromatic rings. The van der Waals surface area contributed by atoms with Crippen molar-refractivity contribution in [3.63, 3.8) is 0 Å². The highest BCUT2D eigenvalue weighted by Crippen LogP contribution is 2.36. The minimum absolute atomic E-state index is 0.0885. The maximum Gasteiger partial charge on any atom is 0.303 e. The molecule has 1 unspecified atom stereocenters. The summed E-state index contributed by atoms with van der Waals surface area (Å²) < 4.78 is 0. The molecule has 0 aliphatic carbocycles. The van der Waals surface area contributed by atoms with E-state index in [4.69, 9.17) is 5.11 Å². The van der Waals surface area contributed by atoms with E-state index in [1.165, 1.54) is 11.3 Å². The highest BCUT2D eigenvalue weighted by Gasteiger charge is 2.20. The zero-order valence-corrected chi connectivity index (χ0v) is 11.6. The molecular weight excluding hydrogens is 262 g/mol. The summed E-state index contributed by atoms with van der Waals surface area (Å²) in [5.74, 6) is -0.895. The van der Waals surface area contributed by atoms with Crippen LogP contribution in [0.5, 0.6) is 0 Å². The van der Waals surface area contributed by atoms with Crippen LogP contribution < -0.4 is 5.32 Å². The van der Waals surface area contributed by atoms with Crippen molar-refractivity contribution in [3.8, 4) is 11.4 Å². The highest BCUT2D eigenvalue weighted by molar-refractivity contribution is 7.16. The third-order valence-electron chi connectivity index (χ3n) is 2.70. The van der Waals surface area contributed by atoms with Crippen LogP contribution in [0.3, 0.4) is 0 Å². The van der Waals surface area contributed by atoms with E-state index in [9.17, 15) is 4.79 Å². The molecule has 0 fully saturated rings. The van der Waals surface area contributed by atoms with Gasteiger partial charge >= 0.3 is 5.97 Å². The third-order valence-corrected chi connectivity index (χ3v) is 4.01. The van der Waals surface area contributed by atoms with Crippen LogP contribution in [0.25, 0.3) is 11.4 Å². The van der Waals surface area contributed by atoms with Gasteiger partial charge in [-0.05, 0) is 12.1 Å². The number of anilines is 1. The molecule has 0 aliphatic rings. The van der Waals surface area contributed by atoms with Crippen LogP contribution >= 0.6 is 11.3 Å². The number of aromatic nitrogens is 2. The molecule has 5 nitrogen and oxygen atoms in total. The maximum absolute atomic E-state index is 10.9. The van der Waals surface area contributed by atoms with Gasteiger partial charge in [0.05, 0.1) is 12.1 Å². The van der Waals surface area contributed by atoms with Gasteiger partial charge in [0.2, 0.25) is 0 Å². The van der Waals surface area contributed by atoms with Crippen molar-refractivity contribution in [2.45, 2.75) is 19.3 Å². The van der Waals surface area contributed by atoms with E-state index in [0.717, 1.165) is 21.4 Å². The van der Waals surface area contributed by atoms with Crippen molar-refractivity contribution >= 4 is 22.4 Å². The van der Waals surface area contributed by atoms with Crippen molar-refractivity contribution in [3.05, 3.63) is 29.3 Å². The molecule has 0 saturated carbocycles. The topological polar surface area (TPSA) is 75.1 Å². The minimum atomic E-state index is -0.807. The van der Waals surface area contributed by atoms with Crippen LogP contribution in [0.4, 0.5) is 5.13 Å². The second kappa shape index (κ2) is 5.79. The first-order chi connectivity index (χ1) is 9.11. The molecule has 0 aliphatic heterocycles. The SMILES string of the molecule is CNc1nc(-c2ccccn2)c(C(C)CC(=O)O)s1. The molecular formula is C13H15N3O2S. The molecule has 6 heteroatoms. The lowest BCUT2D eigenvalue weighted by molar-refractivity contribution is -0.137. The van der Waals surface area contributed by atoms with Crippen LogP contribution in [0.15, 0.2) is 24.4 Å². The Hall–Kier alpha value is -1.95. The van der Waals surface area contributed by atoms with E-state index < -0.39 is 5.97 Å². The predicted octanol–water partition coefficient (Wildman–Crippen LogP) is 2.83. The first kappa shape index (κ1) is 13.5. The van der Waals surface area contributed by atoms with Crippen LogP contribution in [0, 0.1) is 0 Å². The number of nitrogens with zero attached hydrogens (tertiary/aromatic N) is 2. The first-order valence-corrected chi connectivity index (χ1v) is 6.75. The van der Waals surface area contributed by atoms with E-state index in [2.05, 4.69) is 15.3 Å². The molecule has 0 amide bonds. The van der Waals surface area contributed by atoms with Gasteiger partial charge in [-0.1, -0.05) is 13.0 Å². The van der Waals surface area contributed by atoms with Gasteiger partial charge in [0.1, 0.15) is 5.69 Å². The fourth-order valence-electron chi connectivity index (χ4n) is 1.81. The van der Waals surface area contributed by atoms with Gasteiger partial charge in [0.25, 0.3) is 0 Å². The van der Waals surface area contributed by atoms with Crippen LogP contribution in [-0.2, 0) is 4.79 Å². The third kappa shape index (κ3) is 3.08. The van der Waals surface area contributed by atoms with Crippen molar-refractivity contribution in [2.24, 2.45) is 0 Å². The van der Waals surface area contributed by atoms with Gasteiger partial charge in [-0.25, -0.2) is 4.98 Å². The lowest BCUT2D eigenvalue weighted by Crippen LogP contribution is -2.02. The highest BCUT2D eigenvalue weighted by atomic mass is 32.1. The molecule has 0 spiro atoms. The van der Waals surface area contributed by atoms with Crippen LogP contribution in [-0.4, -0.2) is 28.1 Å². The maximum atomic E-state index is 10.9. The number of hydrogen-bond donors (Lipinski definition) is 2. The molecule has 2 heterocycles. The van der Waals surface area contributed by atoms with Gasteiger partial charge in [-0.15, -0.1) is 11.3 Å². The van der Waals surface area contributed by atoms with E-state index in [1.807, 2.05) is 25.1 Å². The fraction of sp³-hybridized carbons (Fsp3) is 0.308. The van der Waals surface area contributed by atoms with Crippen LogP contribution in [0.2, 0.25) is 0 Å². The summed E-state index contributed by atoms with van der Waals surface area (Å²) in [5, 5.41) is 12.7. The molecule has 0 bridgehead atoms. The summed E-state index contributed by atoms with van der Waals surface area (Å²) in [4.78, 5) is 20.6. The van der Waals surface area contributed by atoms with Gasteiger partial charge in [0, 0.05) is 24.0 Å². The Balaban J connectivity index is 2.42. The summed E-state index contributed by atoms with van der Waals surface area (Å²) in [6.45, 7) is 1.90. The number of carboxylic acids is 1. The van der Waals surface area contributed by atoms with E-state index in [1.54, 1.807) is 13.2 Å². The van der Waals surface area contributed by atoms with Gasteiger partial charge in [-0.3, -0.25) is 9.78 Å². The van der Waals surface area contributed by atoms with Gasteiger partial charge < -0.3 is 10.4 Å². The Bertz CT molecular complexity index is 569. The summed E-state index contributed by atoms with van der Waals surface area (Å²) in [7, 11) is 1.80. The lowest BCUT2D eigenvalue weighted by atomic mass is 10.0. The fourth-order valence-corrected chi connectivity index (χ4v) is 2.79. The Morgan fingerprint density at radius 2 is 2.32 bits per heavy atom. The van der Waals surface area contributed by atoms with Crippen molar-refractivity contribution < 1.29 is 9.90 Å². The number of carbonyl (C=O) groups is 1. The number of pyridine rings is 1. The summed E-state index contributed by atoms with van der Waals surface area (Å²) in [5.41, 5.74) is 1.54. The van der Waals surface area contributed by atoms with E-state index in [0.29, 0.717) is 0 Å². The standard InChI is InChI=1S/C13H15N3O2S/c1-8(7-10(17)18)12-11(16-13(14-2)19-12)9-5-3-4-6-15-9/h3-6,8H,7H2,1-2H3,(H,14,16)(H,17,18). The average Bonchev–Trinajstić information content (AvgIpc) is 2.83. The monoisotopic (exact) mass is 277 g/mol. The second-order valence-electron chi connectivity index (χ2n) is 4.20. The number of carboxylic acid groups (broad SMARTS) is 1. The minimum Gasteiger partial charge on any atom is -0.481 e. The summed E-state index contributed by atoms with van der Waals surface area (Å²) in [6, 6.07) is 5.62. The lowest BCUT2D eigenvalue weighted by Gasteiger charge is -2.07. The van der Waals surface area contributed by atoms with E-state index >= 15 is 0 Å². The smallest absolute Gasteiger partial charge is 0.303 e. The number of aliphatic carboxylic acids is 1. The number of thiazole rings is 1. The molecule has 0 saturated heterocycles. The molecule has 2 rings (SSSR count). The van der Waals surface area contributed by atoms with Crippen molar-refractivity contribution in [1.29, 1.82) is 0 Å². The first-order valence-electron chi connectivity index (χ1n) is 5.93. The Morgan fingerprint density at radius 1 is 1.53 bits per heavy atom. The van der Waals surface area contributed by atoms with Crippen LogP contribution in [0.1, 0.15) is 24.1 Å². The molecule has 100 valence electrons. The number of hydrogen-bond acceptors (Lipinski definition) is 5. The quantitative estimate of drug-likeness (QED) is 0.879.